The minimum absolute atomic E-state index is 0.333. The summed E-state index contributed by atoms with van der Waals surface area (Å²) in [4.78, 5) is 10.3. The van der Waals surface area contributed by atoms with Crippen molar-refractivity contribution >= 4 is 23.4 Å². The number of hydrogen-bond donors (Lipinski definition) is 0. The summed E-state index contributed by atoms with van der Waals surface area (Å²) < 4.78 is 0. The zero-order valence-electron chi connectivity index (χ0n) is 12.3. The number of aryl methyl sites for hydroxylation is 1. The molecule has 2 rings (SSSR count). The summed E-state index contributed by atoms with van der Waals surface area (Å²) in [6.07, 6.45) is 0. The molecule has 0 aliphatic rings. The van der Waals surface area contributed by atoms with Gasteiger partial charge in [-0.25, -0.2) is 9.97 Å². The van der Waals surface area contributed by atoms with E-state index in [0.717, 1.165) is 22.6 Å². The molecule has 0 aliphatic heterocycles. The fraction of sp³-hybridized carbons (Fsp3) is 0.375. The Balaban J connectivity index is 2.38. The normalized spacial score (nSPS) is 11.1. The Labute approximate surface area is 130 Å². The molecule has 2 aromatic rings. The maximum atomic E-state index is 6.31. The summed E-state index contributed by atoms with van der Waals surface area (Å²) in [5.74, 6) is 2.11. The predicted octanol–water partition coefficient (Wildman–Crippen LogP) is 5.34. The summed E-state index contributed by atoms with van der Waals surface area (Å²) in [6.45, 7) is 8.35. The fourth-order valence-electron chi connectivity index (χ4n) is 2.20. The topological polar surface area (TPSA) is 25.8 Å². The van der Waals surface area contributed by atoms with Gasteiger partial charge in [-0.3, -0.25) is 0 Å². The average Bonchev–Trinajstić information content (AvgIpc) is 2.38. The van der Waals surface area contributed by atoms with Crippen LogP contribution in [0.3, 0.4) is 0 Å². The molecule has 0 radical (unpaired) electrons. The molecule has 0 spiro atoms. The van der Waals surface area contributed by atoms with Crippen LogP contribution in [0.1, 0.15) is 37.9 Å². The highest BCUT2D eigenvalue weighted by Crippen LogP contribution is 2.28. The number of hydrogen-bond acceptors (Lipinski definition) is 3. The minimum Gasteiger partial charge on any atom is -0.233 e. The van der Waals surface area contributed by atoms with Crippen molar-refractivity contribution in [2.75, 3.05) is 5.75 Å². The SMILES string of the molecule is CCSc1ccc(-c2nc(C)c(C(C)C)c(Cl)n2)cc1. The molecule has 1 heterocycles. The number of nitrogens with zero attached hydrogens (tertiary/aromatic N) is 2. The van der Waals surface area contributed by atoms with E-state index in [-0.39, 0.29) is 0 Å². The minimum atomic E-state index is 0.333. The molecule has 0 unspecified atom stereocenters. The molecule has 0 amide bonds. The van der Waals surface area contributed by atoms with Crippen LogP contribution in [-0.4, -0.2) is 15.7 Å². The third-order valence-corrected chi connectivity index (χ3v) is 4.27. The maximum Gasteiger partial charge on any atom is 0.161 e. The Kier molecular flexibility index (Phi) is 5.06. The van der Waals surface area contributed by atoms with Crippen molar-refractivity contribution in [2.45, 2.75) is 38.5 Å². The zero-order valence-corrected chi connectivity index (χ0v) is 13.8. The van der Waals surface area contributed by atoms with E-state index in [0.29, 0.717) is 16.9 Å². The molecule has 4 heteroatoms. The fourth-order valence-corrected chi connectivity index (χ4v) is 3.30. The average molecular weight is 307 g/mol. The van der Waals surface area contributed by atoms with E-state index in [9.17, 15) is 0 Å². The molecule has 20 heavy (non-hydrogen) atoms. The molecule has 0 fully saturated rings. The second-order valence-electron chi connectivity index (χ2n) is 4.95. The smallest absolute Gasteiger partial charge is 0.161 e. The maximum absolute atomic E-state index is 6.31. The Morgan fingerprint density at radius 1 is 1.15 bits per heavy atom. The highest BCUT2D eigenvalue weighted by Gasteiger charge is 2.14. The highest BCUT2D eigenvalue weighted by molar-refractivity contribution is 7.99. The van der Waals surface area contributed by atoms with Crippen molar-refractivity contribution in [2.24, 2.45) is 0 Å². The molecule has 0 bridgehead atoms. The molecule has 0 saturated carbocycles. The van der Waals surface area contributed by atoms with Crippen LogP contribution in [0, 0.1) is 6.92 Å². The van der Waals surface area contributed by atoms with Crippen LogP contribution in [0.25, 0.3) is 11.4 Å². The summed E-state index contributed by atoms with van der Waals surface area (Å²) in [7, 11) is 0. The lowest BCUT2D eigenvalue weighted by atomic mass is 10.0. The Hall–Kier alpha value is -1.06. The van der Waals surface area contributed by atoms with E-state index in [1.165, 1.54) is 4.90 Å². The van der Waals surface area contributed by atoms with Crippen LogP contribution in [0.5, 0.6) is 0 Å². The van der Waals surface area contributed by atoms with Crippen LogP contribution in [0.15, 0.2) is 29.2 Å². The number of halogens is 1. The van der Waals surface area contributed by atoms with Crippen molar-refractivity contribution in [3.05, 3.63) is 40.7 Å². The molecule has 106 valence electrons. The molecule has 0 aliphatic carbocycles. The van der Waals surface area contributed by atoms with Gasteiger partial charge in [-0.2, -0.15) is 0 Å². The van der Waals surface area contributed by atoms with Crippen LogP contribution >= 0.6 is 23.4 Å². The Bertz CT molecular complexity index is 571. The highest BCUT2D eigenvalue weighted by atomic mass is 35.5. The Morgan fingerprint density at radius 2 is 1.80 bits per heavy atom. The molecule has 1 aromatic carbocycles. The van der Waals surface area contributed by atoms with E-state index in [1.807, 2.05) is 18.7 Å². The summed E-state index contributed by atoms with van der Waals surface area (Å²) in [6, 6.07) is 8.31. The van der Waals surface area contributed by atoms with Crippen LogP contribution in [0.4, 0.5) is 0 Å². The van der Waals surface area contributed by atoms with E-state index in [2.05, 4.69) is 55.0 Å². The number of benzene rings is 1. The first kappa shape index (κ1) is 15.3. The molecule has 0 saturated heterocycles. The standard InChI is InChI=1S/C16H19ClN2S/c1-5-20-13-8-6-12(7-9-13)16-18-11(4)14(10(2)3)15(17)19-16/h6-10H,5H2,1-4H3. The van der Waals surface area contributed by atoms with Crippen molar-refractivity contribution in [3.63, 3.8) is 0 Å². The van der Waals surface area contributed by atoms with Crippen LogP contribution in [-0.2, 0) is 0 Å². The summed E-state index contributed by atoms with van der Waals surface area (Å²) in [5, 5.41) is 0.564. The van der Waals surface area contributed by atoms with Gasteiger partial charge in [-0.05, 0) is 30.7 Å². The summed E-state index contributed by atoms with van der Waals surface area (Å²) in [5.41, 5.74) is 3.00. The van der Waals surface area contributed by atoms with Gasteiger partial charge in [-0.1, -0.05) is 44.5 Å². The summed E-state index contributed by atoms with van der Waals surface area (Å²) >= 11 is 8.13. The number of aromatic nitrogens is 2. The van der Waals surface area contributed by atoms with Crippen molar-refractivity contribution in [1.29, 1.82) is 0 Å². The van der Waals surface area contributed by atoms with Crippen molar-refractivity contribution in [3.8, 4) is 11.4 Å². The lowest BCUT2D eigenvalue weighted by molar-refractivity contribution is 0.831. The molecule has 1 aromatic heterocycles. The predicted molar refractivity (Wildman–Crippen MR) is 87.7 cm³/mol. The first-order chi connectivity index (χ1) is 9.52. The van der Waals surface area contributed by atoms with E-state index in [4.69, 9.17) is 11.6 Å². The third-order valence-electron chi connectivity index (χ3n) is 3.09. The Morgan fingerprint density at radius 3 is 2.30 bits per heavy atom. The van der Waals surface area contributed by atoms with Gasteiger partial charge in [0.05, 0.1) is 0 Å². The molecular weight excluding hydrogens is 288 g/mol. The van der Waals surface area contributed by atoms with Gasteiger partial charge in [-0.15, -0.1) is 11.8 Å². The lowest BCUT2D eigenvalue weighted by Gasteiger charge is -2.12. The van der Waals surface area contributed by atoms with E-state index in [1.54, 1.807) is 0 Å². The molecule has 2 nitrogen and oxygen atoms in total. The van der Waals surface area contributed by atoms with E-state index >= 15 is 0 Å². The monoisotopic (exact) mass is 306 g/mol. The quantitative estimate of drug-likeness (QED) is 0.563. The number of thioether (sulfide) groups is 1. The molecular formula is C16H19ClN2S. The zero-order chi connectivity index (χ0) is 14.7. The van der Waals surface area contributed by atoms with Gasteiger partial charge in [0, 0.05) is 21.7 Å². The van der Waals surface area contributed by atoms with Crippen LogP contribution in [0.2, 0.25) is 5.15 Å². The first-order valence-electron chi connectivity index (χ1n) is 6.80. The van der Waals surface area contributed by atoms with Gasteiger partial charge in [0.25, 0.3) is 0 Å². The van der Waals surface area contributed by atoms with Crippen LogP contribution < -0.4 is 0 Å². The van der Waals surface area contributed by atoms with Gasteiger partial charge >= 0.3 is 0 Å². The van der Waals surface area contributed by atoms with Gasteiger partial charge in [0.2, 0.25) is 0 Å². The third kappa shape index (κ3) is 3.33. The molecule has 0 atom stereocenters. The van der Waals surface area contributed by atoms with Crippen molar-refractivity contribution < 1.29 is 0 Å². The van der Waals surface area contributed by atoms with Gasteiger partial charge in [0.15, 0.2) is 5.82 Å². The lowest BCUT2D eigenvalue weighted by Crippen LogP contribution is -2.01. The van der Waals surface area contributed by atoms with Gasteiger partial charge in [0.1, 0.15) is 5.15 Å². The van der Waals surface area contributed by atoms with Crippen molar-refractivity contribution in [1.82, 2.24) is 9.97 Å². The van der Waals surface area contributed by atoms with Gasteiger partial charge < -0.3 is 0 Å². The number of rotatable bonds is 4. The largest absolute Gasteiger partial charge is 0.233 e. The van der Waals surface area contributed by atoms with E-state index < -0.39 is 0 Å². The second-order valence-corrected chi connectivity index (χ2v) is 6.64. The first-order valence-corrected chi connectivity index (χ1v) is 8.16. The second kappa shape index (κ2) is 6.59. The molecule has 0 N–H and O–H groups in total.